The van der Waals surface area contributed by atoms with Crippen molar-refractivity contribution in [1.29, 1.82) is 0 Å². The van der Waals surface area contributed by atoms with Crippen LogP contribution in [0.3, 0.4) is 0 Å². The van der Waals surface area contributed by atoms with Crippen LogP contribution in [-0.4, -0.2) is 44.1 Å². The Morgan fingerprint density at radius 3 is 2.43 bits per heavy atom. The molecule has 0 unspecified atom stereocenters. The fourth-order valence-corrected chi connectivity index (χ4v) is 3.67. The highest BCUT2D eigenvalue weighted by Crippen LogP contribution is 2.29. The van der Waals surface area contributed by atoms with E-state index in [4.69, 9.17) is 4.74 Å². The van der Waals surface area contributed by atoms with Crippen molar-refractivity contribution in [2.75, 3.05) is 20.2 Å². The van der Waals surface area contributed by atoms with Crippen LogP contribution >= 0.6 is 0 Å². The summed E-state index contributed by atoms with van der Waals surface area (Å²) in [6, 6.07) is 6.52. The molecule has 0 aliphatic heterocycles. The molecule has 5 nitrogen and oxygen atoms in total. The highest BCUT2D eigenvalue weighted by molar-refractivity contribution is 7.89. The summed E-state index contributed by atoms with van der Waals surface area (Å²) in [6.45, 7) is 3.09. The minimum absolute atomic E-state index is 0.256. The first-order valence-electron chi connectivity index (χ1n) is 7.30. The van der Waals surface area contributed by atoms with E-state index in [1.807, 2.05) is 6.92 Å². The average molecular weight is 313 g/mol. The molecule has 1 aliphatic rings. The number of aliphatic hydroxyl groups excluding tert-OH is 1. The number of aliphatic hydroxyl groups is 1. The van der Waals surface area contributed by atoms with Gasteiger partial charge < -0.3 is 9.84 Å². The van der Waals surface area contributed by atoms with Crippen molar-refractivity contribution in [2.24, 2.45) is 5.92 Å². The van der Waals surface area contributed by atoms with Crippen LogP contribution in [0.25, 0.3) is 0 Å². The van der Waals surface area contributed by atoms with Crippen molar-refractivity contribution in [2.45, 2.75) is 37.2 Å². The smallest absolute Gasteiger partial charge is 0.242 e. The maximum atomic E-state index is 12.4. The van der Waals surface area contributed by atoms with Crippen molar-refractivity contribution in [3.8, 4) is 5.75 Å². The second-order valence-corrected chi connectivity index (χ2v) is 7.64. The van der Waals surface area contributed by atoms with Crippen LogP contribution < -0.4 is 4.74 Å². The van der Waals surface area contributed by atoms with Gasteiger partial charge in [-0.25, -0.2) is 12.7 Å². The topological polar surface area (TPSA) is 66.8 Å². The molecular weight excluding hydrogens is 290 g/mol. The maximum absolute atomic E-state index is 12.4. The molecule has 1 fully saturated rings. The number of rotatable bonds is 7. The zero-order valence-electron chi connectivity index (χ0n) is 12.5. The summed E-state index contributed by atoms with van der Waals surface area (Å²) in [5.41, 5.74) is 0. The lowest BCUT2D eigenvalue weighted by molar-refractivity contribution is 0.0367. The van der Waals surface area contributed by atoms with E-state index in [0.29, 0.717) is 31.7 Å². The Labute approximate surface area is 126 Å². The van der Waals surface area contributed by atoms with E-state index in [1.54, 1.807) is 31.3 Å². The van der Waals surface area contributed by atoms with Gasteiger partial charge in [0.25, 0.3) is 0 Å². The van der Waals surface area contributed by atoms with Gasteiger partial charge in [0.2, 0.25) is 10.0 Å². The van der Waals surface area contributed by atoms with E-state index >= 15 is 0 Å². The number of benzene rings is 1. The van der Waals surface area contributed by atoms with Crippen molar-refractivity contribution in [3.05, 3.63) is 24.3 Å². The summed E-state index contributed by atoms with van der Waals surface area (Å²) in [4.78, 5) is 0.272. The molecule has 6 heteroatoms. The molecule has 0 amide bonds. The van der Waals surface area contributed by atoms with E-state index in [-0.39, 0.29) is 16.9 Å². The minimum atomic E-state index is -3.47. The number of sulfonamides is 1. The zero-order chi connectivity index (χ0) is 15.5. The Hall–Kier alpha value is -1.11. The monoisotopic (exact) mass is 313 g/mol. The molecule has 1 saturated carbocycles. The Kier molecular flexibility index (Phi) is 5.24. The van der Waals surface area contributed by atoms with Gasteiger partial charge >= 0.3 is 0 Å². The van der Waals surface area contributed by atoms with E-state index in [2.05, 4.69) is 0 Å². The average Bonchev–Trinajstić information content (AvgIpc) is 2.43. The summed E-state index contributed by atoms with van der Waals surface area (Å²) in [5.74, 6) is 0.938. The molecule has 2 rings (SSSR count). The SMILES string of the molecule is CCCOc1ccc(S(=O)(=O)N(C)CC2CC(O)C2)cc1. The van der Waals surface area contributed by atoms with Gasteiger partial charge in [-0.2, -0.15) is 0 Å². The molecule has 1 aromatic rings. The third-order valence-corrected chi connectivity index (χ3v) is 5.57. The van der Waals surface area contributed by atoms with E-state index in [1.165, 1.54) is 4.31 Å². The summed E-state index contributed by atoms with van der Waals surface area (Å²) in [5, 5.41) is 9.27. The van der Waals surface area contributed by atoms with Gasteiger partial charge in [0.05, 0.1) is 17.6 Å². The third-order valence-electron chi connectivity index (χ3n) is 3.73. The van der Waals surface area contributed by atoms with Crippen LogP contribution in [-0.2, 0) is 10.0 Å². The maximum Gasteiger partial charge on any atom is 0.242 e. The number of nitrogens with zero attached hydrogens (tertiary/aromatic N) is 1. The van der Waals surface area contributed by atoms with Gasteiger partial charge in [-0.05, 0) is 49.4 Å². The quantitative estimate of drug-likeness (QED) is 0.834. The molecule has 0 atom stereocenters. The fraction of sp³-hybridized carbons (Fsp3) is 0.600. The van der Waals surface area contributed by atoms with Gasteiger partial charge in [0.1, 0.15) is 5.75 Å². The molecule has 0 spiro atoms. The first kappa shape index (κ1) is 16.3. The standard InChI is InChI=1S/C15H23NO4S/c1-3-8-20-14-4-6-15(7-5-14)21(18,19)16(2)11-12-9-13(17)10-12/h4-7,12-13,17H,3,8-11H2,1-2H3. The second-order valence-electron chi connectivity index (χ2n) is 5.60. The molecule has 118 valence electrons. The zero-order valence-corrected chi connectivity index (χ0v) is 13.3. The van der Waals surface area contributed by atoms with E-state index in [9.17, 15) is 13.5 Å². The molecule has 0 bridgehead atoms. The summed E-state index contributed by atoms with van der Waals surface area (Å²) in [7, 11) is -1.88. The molecule has 0 saturated heterocycles. The predicted molar refractivity (Wildman–Crippen MR) is 80.8 cm³/mol. The number of ether oxygens (including phenoxy) is 1. The largest absolute Gasteiger partial charge is 0.494 e. The lowest BCUT2D eigenvalue weighted by atomic mass is 9.82. The fourth-order valence-electron chi connectivity index (χ4n) is 2.42. The van der Waals surface area contributed by atoms with Crippen molar-refractivity contribution >= 4 is 10.0 Å². The number of hydrogen-bond acceptors (Lipinski definition) is 4. The van der Waals surface area contributed by atoms with E-state index < -0.39 is 10.0 Å². The Bertz CT molecular complexity index is 550. The van der Waals surface area contributed by atoms with Gasteiger partial charge in [-0.3, -0.25) is 0 Å². The molecule has 0 aromatic heterocycles. The Balaban J connectivity index is 2.00. The highest BCUT2D eigenvalue weighted by atomic mass is 32.2. The molecule has 1 aromatic carbocycles. The van der Waals surface area contributed by atoms with Crippen LogP contribution in [0.4, 0.5) is 0 Å². The van der Waals surface area contributed by atoms with Crippen molar-refractivity contribution in [3.63, 3.8) is 0 Å². The van der Waals surface area contributed by atoms with Crippen LogP contribution in [0, 0.1) is 5.92 Å². The van der Waals surface area contributed by atoms with E-state index in [0.717, 1.165) is 6.42 Å². The summed E-state index contributed by atoms with van der Waals surface area (Å²) < 4.78 is 31.7. The molecule has 0 heterocycles. The molecular formula is C15H23NO4S. The van der Waals surface area contributed by atoms with Gasteiger partial charge in [0, 0.05) is 13.6 Å². The molecule has 1 aliphatic carbocycles. The molecule has 21 heavy (non-hydrogen) atoms. The van der Waals surface area contributed by atoms with Crippen LogP contribution in [0.2, 0.25) is 0 Å². The predicted octanol–water partition coefficient (Wildman–Crippen LogP) is 1.87. The van der Waals surface area contributed by atoms with Crippen LogP contribution in [0.15, 0.2) is 29.2 Å². The first-order chi connectivity index (χ1) is 9.93. The van der Waals surface area contributed by atoms with Crippen molar-refractivity contribution in [1.82, 2.24) is 4.31 Å². The Morgan fingerprint density at radius 1 is 1.29 bits per heavy atom. The Morgan fingerprint density at radius 2 is 1.90 bits per heavy atom. The first-order valence-corrected chi connectivity index (χ1v) is 8.74. The summed E-state index contributed by atoms with van der Waals surface area (Å²) in [6.07, 6.45) is 2.02. The highest BCUT2D eigenvalue weighted by Gasteiger charge is 2.31. The third kappa shape index (κ3) is 3.96. The van der Waals surface area contributed by atoms with Gasteiger partial charge in [0.15, 0.2) is 0 Å². The van der Waals surface area contributed by atoms with Crippen LogP contribution in [0.5, 0.6) is 5.75 Å². The van der Waals surface area contributed by atoms with Crippen LogP contribution in [0.1, 0.15) is 26.2 Å². The van der Waals surface area contributed by atoms with Gasteiger partial charge in [-0.15, -0.1) is 0 Å². The normalized spacial score (nSPS) is 22.1. The molecule has 0 radical (unpaired) electrons. The lowest BCUT2D eigenvalue weighted by Gasteiger charge is -2.34. The van der Waals surface area contributed by atoms with Crippen molar-refractivity contribution < 1.29 is 18.3 Å². The minimum Gasteiger partial charge on any atom is -0.494 e. The van der Waals surface area contributed by atoms with Gasteiger partial charge in [-0.1, -0.05) is 6.92 Å². The summed E-state index contributed by atoms with van der Waals surface area (Å²) >= 11 is 0. The second kappa shape index (κ2) is 6.77. The molecule has 1 N–H and O–H groups in total. The number of hydrogen-bond donors (Lipinski definition) is 1. The lowest BCUT2D eigenvalue weighted by Crippen LogP contribution is -2.39.